The number of Topliss-reactive ketones (excluding diaryl/α,β-unsaturated/α-hetero) is 1. The van der Waals surface area contributed by atoms with Crippen LogP contribution in [0.25, 0.3) is 5.76 Å². The fourth-order valence-electron chi connectivity index (χ4n) is 4.28. The van der Waals surface area contributed by atoms with Gasteiger partial charge in [-0.25, -0.2) is 0 Å². The third kappa shape index (κ3) is 4.91. The molecule has 0 spiro atoms. The number of aliphatic hydroxyl groups is 1. The van der Waals surface area contributed by atoms with Crippen LogP contribution in [0.2, 0.25) is 0 Å². The molecule has 0 aliphatic carbocycles. The van der Waals surface area contributed by atoms with E-state index in [2.05, 4.69) is 6.92 Å². The number of unbranched alkanes of at least 4 members (excludes halogenated alkanes) is 2. The Hall–Kier alpha value is -4.26. The summed E-state index contributed by atoms with van der Waals surface area (Å²) in [6.45, 7) is 2.72. The predicted molar refractivity (Wildman–Crippen MR) is 137 cm³/mol. The van der Waals surface area contributed by atoms with Gasteiger partial charge in [-0.15, -0.1) is 0 Å². The highest BCUT2D eigenvalue weighted by Crippen LogP contribution is 2.45. The molecule has 4 rings (SSSR count). The Labute approximate surface area is 210 Å². The molecule has 3 aromatic carbocycles. The van der Waals surface area contributed by atoms with Crippen LogP contribution in [0.1, 0.15) is 43.4 Å². The van der Waals surface area contributed by atoms with Gasteiger partial charge in [0.05, 0.1) is 31.0 Å². The Morgan fingerprint density at radius 1 is 0.944 bits per heavy atom. The van der Waals surface area contributed by atoms with Gasteiger partial charge in [-0.1, -0.05) is 44.0 Å². The second-order valence-corrected chi connectivity index (χ2v) is 8.51. The van der Waals surface area contributed by atoms with E-state index in [4.69, 9.17) is 9.47 Å². The minimum Gasteiger partial charge on any atom is -0.507 e. The Kier molecular flexibility index (Phi) is 7.59. The number of ether oxygens (including phenoxy) is 2. The molecule has 0 saturated carbocycles. The van der Waals surface area contributed by atoms with E-state index in [0.29, 0.717) is 29.2 Å². The smallest absolute Gasteiger partial charge is 0.300 e. The number of rotatable bonds is 9. The predicted octanol–water partition coefficient (Wildman–Crippen LogP) is 5.60. The first-order valence-corrected chi connectivity index (χ1v) is 11.9. The second-order valence-electron chi connectivity index (χ2n) is 8.51. The zero-order valence-electron chi connectivity index (χ0n) is 20.3. The first kappa shape index (κ1) is 24.9. The molecule has 0 aromatic heterocycles. The highest BCUT2D eigenvalue weighted by atomic mass is 16.5. The van der Waals surface area contributed by atoms with E-state index in [0.717, 1.165) is 19.3 Å². The molecule has 1 saturated heterocycles. The third-order valence-electron chi connectivity index (χ3n) is 6.14. The molecule has 7 nitrogen and oxygen atoms in total. The summed E-state index contributed by atoms with van der Waals surface area (Å²) in [4.78, 5) is 27.7. The summed E-state index contributed by atoms with van der Waals surface area (Å²) in [5, 5.41) is 21.8. The molecule has 1 aliphatic heterocycles. The number of nitrogens with zero attached hydrogens (tertiary/aromatic N) is 1. The number of hydrogen-bond donors (Lipinski definition) is 2. The highest BCUT2D eigenvalue weighted by molar-refractivity contribution is 6.51. The van der Waals surface area contributed by atoms with Crippen molar-refractivity contribution in [3.8, 4) is 17.2 Å². The van der Waals surface area contributed by atoms with Crippen molar-refractivity contribution in [3.63, 3.8) is 0 Å². The molecule has 36 heavy (non-hydrogen) atoms. The van der Waals surface area contributed by atoms with E-state index in [1.54, 1.807) is 66.7 Å². The van der Waals surface area contributed by atoms with E-state index >= 15 is 0 Å². The number of hydrogen-bond acceptors (Lipinski definition) is 6. The van der Waals surface area contributed by atoms with E-state index in [1.807, 2.05) is 0 Å². The number of phenols is 1. The Morgan fingerprint density at radius 2 is 1.69 bits per heavy atom. The molecule has 3 aromatic rings. The molecule has 1 heterocycles. The maximum absolute atomic E-state index is 13.3. The second kappa shape index (κ2) is 11.0. The average Bonchev–Trinajstić information content (AvgIpc) is 3.17. The number of benzene rings is 3. The molecule has 0 bridgehead atoms. The van der Waals surface area contributed by atoms with Crippen LogP contribution in [0.4, 0.5) is 5.69 Å². The summed E-state index contributed by atoms with van der Waals surface area (Å²) in [6, 6.07) is 19.0. The quantitative estimate of drug-likeness (QED) is 0.177. The van der Waals surface area contributed by atoms with Gasteiger partial charge in [0.2, 0.25) is 0 Å². The third-order valence-corrected chi connectivity index (χ3v) is 6.14. The van der Waals surface area contributed by atoms with Crippen molar-refractivity contribution in [2.24, 2.45) is 0 Å². The van der Waals surface area contributed by atoms with Gasteiger partial charge in [-0.3, -0.25) is 14.5 Å². The van der Waals surface area contributed by atoms with Crippen LogP contribution >= 0.6 is 0 Å². The van der Waals surface area contributed by atoms with Crippen molar-refractivity contribution in [3.05, 3.63) is 89.5 Å². The molecular weight excluding hydrogens is 458 g/mol. The SMILES string of the molecule is CCCCCOc1ccc(/C(O)=C2/C(=O)C(=O)N(c3ccccc3O)C2c2cccc(OC)c2)cc1. The summed E-state index contributed by atoms with van der Waals surface area (Å²) in [5.74, 6) is -0.972. The fraction of sp³-hybridized carbons (Fsp3) is 0.241. The molecule has 186 valence electrons. The highest BCUT2D eigenvalue weighted by Gasteiger charge is 2.47. The van der Waals surface area contributed by atoms with E-state index < -0.39 is 17.7 Å². The van der Waals surface area contributed by atoms with Gasteiger partial charge in [0.1, 0.15) is 23.0 Å². The van der Waals surface area contributed by atoms with Gasteiger partial charge in [-0.05, 0) is 60.5 Å². The van der Waals surface area contributed by atoms with Gasteiger partial charge >= 0.3 is 0 Å². The van der Waals surface area contributed by atoms with Crippen molar-refractivity contribution in [2.75, 3.05) is 18.6 Å². The van der Waals surface area contributed by atoms with Gasteiger partial charge < -0.3 is 19.7 Å². The molecule has 0 radical (unpaired) electrons. The average molecular weight is 488 g/mol. The number of methoxy groups -OCH3 is 1. The van der Waals surface area contributed by atoms with Crippen molar-refractivity contribution in [2.45, 2.75) is 32.2 Å². The zero-order valence-corrected chi connectivity index (χ0v) is 20.3. The molecule has 1 amide bonds. The first-order valence-electron chi connectivity index (χ1n) is 11.9. The van der Waals surface area contributed by atoms with E-state index in [1.165, 1.54) is 18.1 Å². The fourth-order valence-corrected chi connectivity index (χ4v) is 4.28. The lowest BCUT2D eigenvalue weighted by Crippen LogP contribution is -2.29. The zero-order chi connectivity index (χ0) is 25.7. The number of amides is 1. The number of carbonyl (C=O) groups is 2. The number of aromatic hydroxyl groups is 1. The van der Waals surface area contributed by atoms with Crippen molar-refractivity contribution >= 4 is 23.1 Å². The summed E-state index contributed by atoms with van der Waals surface area (Å²) in [6.07, 6.45) is 3.14. The topological polar surface area (TPSA) is 96.3 Å². The van der Waals surface area contributed by atoms with Crippen LogP contribution in [0.5, 0.6) is 17.2 Å². The van der Waals surface area contributed by atoms with Crippen LogP contribution in [0, 0.1) is 0 Å². The molecule has 1 unspecified atom stereocenters. The lowest BCUT2D eigenvalue weighted by Gasteiger charge is -2.26. The number of carbonyl (C=O) groups excluding carboxylic acids is 2. The van der Waals surface area contributed by atoms with E-state index in [9.17, 15) is 19.8 Å². The molecule has 1 aliphatic rings. The number of aliphatic hydroxyl groups excluding tert-OH is 1. The van der Waals surface area contributed by atoms with Crippen LogP contribution < -0.4 is 14.4 Å². The van der Waals surface area contributed by atoms with Crippen LogP contribution in [0.15, 0.2) is 78.4 Å². The molecule has 7 heteroatoms. The lowest BCUT2D eigenvalue weighted by atomic mass is 9.95. The lowest BCUT2D eigenvalue weighted by molar-refractivity contribution is -0.132. The standard InChI is InChI=1S/C29H29NO6/c1-3-4-7-17-36-21-15-13-19(14-16-21)27(32)25-26(20-9-8-10-22(18-20)35-2)30(29(34)28(25)33)23-11-5-6-12-24(23)31/h5-6,8-16,18,26,31-32H,3-4,7,17H2,1-2H3/b27-25-. The Morgan fingerprint density at radius 3 is 2.39 bits per heavy atom. The van der Waals surface area contributed by atoms with Crippen molar-refractivity contribution in [1.82, 2.24) is 0 Å². The summed E-state index contributed by atoms with van der Waals surface area (Å²) >= 11 is 0. The Bertz CT molecular complexity index is 1280. The van der Waals surface area contributed by atoms with Crippen molar-refractivity contribution in [1.29, 1.82) is 0 Å². The molecule has 1 fully saturated rings. The number of para-hydroxylation sites is 2. The van der Waals surface area contributed by atoms with Crippen LogP contribution in [0.3, 0.4) is 0 Å². The van der Waals surface area contributed by atoms with Gasteiger partial charge in [0, 0.05) is 5.56 Å². The van der Waals surface area contributed by atoms with Gasteiger partial charge in [0.25, 0.3) is 11.7 Å². The maximum atomic E-state index is 13.3. The monoisotopic (exact) mass is 487 g/mol. The summed E-state index contributed by atoms with van der Waals surface area (Å²) in [7, 11) is 1.52. The Balaban J connectivity index is 1.78. The van der Waals surface area contributed by atoms with E-state index in [-0.39, 0.29) is 22.8 Å². The molecule has 1 atom stereocenters. The summed E-state index contributed by atoms with van der Waals surface area (Å²) in [5.41, 5.74) is 1.02. The minimum absolute atomic E-state index is 0.0758. The minimum atomic E-state index is -0.974. The van der Waals surface area contributed by atoms with Crippen molar-refractivity contribution < 1.29 is 29.3 Å². The van der Waals surface area contributed by atoms with Crippen LogP contribution in [-0.2, 0) is 9.59 Å². The van der Waals surface area contributed by atoms with Gasteiger partial charge in [0.15, 0.2) is 0 Å². The van der Waals surface area contributed by atoms with Gasteiger partial charge in [-0.2, -0.15) is 0 Å². The summed E-state index contributed by atoms with van der Waals surface area (Å²) < 4.78 is 11.1. The van der Waals surface area contributed by atoms with Crippen LogP contribution in [-0.4, -0.2) is 35.6 Å². The maximum Gasteiger partial charge on any atom is 0.300 e. The molecule has 2 N–H and O–H groups in total. The number of anilines is 1. The largest absolute Gasteiger partial charge is 0.507 e. The normalized spacial score (nSPS) is 16.8. The first-order chi connectivity index (χ1) is 17.5. The number of ketones is 1. The number of phenolic OH excluding ortho intramolecular Hbond substituents is 1. The molecular formula is C29H29NO6.